The molecule has 2 aromatic rings. The Bertz CT molecular complexity index is 479. The summed E-state index contributed by atoms with van der Waals surface area (Å²) in [6.45, 7) is 1.88. The molecule has 3 nitrogen and oxygen atoms in total. The van der Waals surface area contributed by atoms with Crippen LogP contribution in [0.3, 0.4) is 0 Å². The molecule has 4 heteroatoms. The van der Waals surface area contributed by atoms with Gasteiger partial charge in [0, 0.05) is 12.5 Å². The molecule has 0 radical (unpaired) electrons. The van der Waals surface area contributed by atoms with Crippen LogP contribution in [0.2, 0.25) is 0 Å². The first-order valence-electron chi connectivity index (χ1n) is 5.12. The molecule has 2 rings (SSSR count). The fourth-order valence-corrected chi connectivity index (χ4v) is 1.48. The Labute approximate surface area is 93.1 Å². The molecule has 0 spiro atoms. The monoisotopic (exact) mass is 220 g/mol. The molecule has 0 saturated heterocycles. The van der Waals surface area contributed by atoms with Crippen molar-refractivity contribution >= 4 is 0 Å². The molecule has 1 unspecified atom stereocenters. The summed E-state index contributed by atoms with van der Waals surface area (Å²) in [7, 11) is 0. The molecule has 84 valence electrons. The lowest BCUT2D eigenvalue weighted by molar-refractivity contribution is 0.496. The van der Waals surface area contributed by atoms with Gasteiger partial charge < -0.3 is 10.2 Å². The largest absolute Gasteiger partial charge is 0.441 e. The van der Waals surface area contributed by atoms with Crippen LogP contribution in [0.15, 0.2) is 34.9 Å². The lowest BCUT2D eigenvalue weighted by Gasteiger charge is -2.00. The average Bonchev–Trinajstić information content (AvgIpc) is 2.66. The van der Waals surface area contributed by atoms with Gasteiger partial charge in [0.25, 0.3) is 0 Å². The number of benzene rings is 1. The Hall–Kier alpha value is -1.68. The van der Waals surface area contributed by atoms with Crippen LogP contribution in [0.25, 0.3) is 11.5 Å². The van der Waals surface area contributed by atoms with Gasteiger partial charge in [-0.15, -0.1) is 0 Å². The lowest BCUT2D eigenvalue weighted by Crippen LogP contribution is -2.17. The fourth-order valence-electron chi connectivity index (χ4n) is 1.48. The second kappa shape index (κ2) is 4.45. The van der Waals surface area contributed by atoms with Crippen LogP contribution in [0.5, 0.6) is 0 Å². The van der Waals surface area contributed by atoms with Gasteiger partial charge >= 0.3 is 0 Å². The predicted molar refractivity (Wildman–Crippen MR) is 59.3 cm³/mol. The fraction of sp³-hybridized carbons (Fsp3) is 0.250. The van der Waals surface area contributed by atoms with E-state index in [-0.39, 0.29) is 11.9 Å². The van der Waals surface area contributed by atoms with Crippen molar-refractivity contribution in [1.29, 1.82) is 0 Å². The van der Waals surface area contributed by atoms with Crippen molar-refractivity contribution in [2.24, 2.45) is 5.73 Å². The van der Waals surface area contributed by atoms with Crippen LogP contribution >= 0.6 is 0 Å². The number of hydrogen-bond acceptors (Lipinski definition) is 3. The minimum absolute atomic E-state index is 0.00132. The SMILES string of the molecule is CC(N)Cc1cnc(-c2ccccc2F)o1. The number of oxazole rings is 1. The number of halogens is 1. The minimum atomic E-state index is -0.336. The zero-order valence-corrected chi connectivity index (χ0v) is 8.98. The van der Waals surface area contributed by atoms with Gasteiger partial charge in [0.15, 0.2) is 0 Å². The van der Waals surface area contributed by atoms with Crippen molar-refractivity contribution < 1.29 is 8.81 Å². The van der Waals surface area contributed by atoms with E-state index in [4.69, 9.17) is 10.2 Å². The highest BCUT2D eigenvalue weighted by Gasteiger charge is 2.11. The van der Waals surface area contributed by atoms with Gasteiger partial charge in [-0.1, -0.05) is 12.1 Å². The first-order chi connectivity index (χ1) is 7.66. The van der Waals surface area contributed by atoms with E-state index >= 15 is 0 Å². The molecule has 1 aromatic carbocycles. The normalized spacial score (nSPS) is 12.7. The lowest BCUT2D eigenvalue weighted by atomic mass is 10.2. The molecular weight excluding hydrogens is 207 g/mol. The van der Waals surface area contributed by atoms with Crippen LogP contribution in [0, 0.1) is 5.82 Å². The van der Waals surface area contributed by atoms with Gasteiger partial charge in [0.1, 0.15) is 11.6 Å². The summed E-state index contributed by atoms with van der Waals surface area (Å²) in [4.78, 5) is 4.04. The Morgan fingerprint density at radius 2 is 2.19 bits per heavy atom. The molecule has 0 aliphatic rings. The Morgan fingerprint density at radius 3 is 2.88 bits per heavy atom. The van der Waals surface area contributed by atoms with E-state index in [0.717, 1.165) is 0 Å². The van der Waals surface area contributed by atoms with Crippen LogP contribution < -0.4 is 5.73 Å². The van der Waals surface area contributed by atoms with Gasteiger partial charge in [-0.05, 0) is 19.1 Å². The van der Waals surface area contributed by atoms with E-state index in [1.807, 2.05) is 6.92 Å². The summed E-state index contributed by atoms with van der Waals surface area (Å²) in [5.74, 6) is 0.638. The molecule has 0 amide bonds. The molecule has 1 heterocycles. The maximum atomic E-state index is 13.4. The highest BCUT2D eigenvalue weighted by Crippen LogP contribution is 2.22. The van der Waals surface area contributed by atoms with E-state index in [1.165, 1.54) is 6.07 Å². The summed E-state index contributed by atoms with van der Waals surface area (Å²) in [6.07, 6.45) is 2.19. The van der Waals surface area contributed by atoms with E-state index < -0.39 is 0 Å². The minimum Gasteiger partial charge on any atom is -0.441 e. The van der Waals surface area contributed by atoms with E-state index in [2.05, 4.69) is 4.98 Å². The van der Waals surface area contributed by atoms with Gasteiger partial charge in [0.05, 0.1) is 11.8 Å². The van der Waals surface area contributed by atoms with E-state index in [0.29, 0.717) is 23.6 Å². The standard InChI is InChI=1S/C12H13FN2O/c1-8(14)6-9-7-15-12(16-9)10-4-2-3-5-11(10)13/h2-5,7-8H,6,14H2,1H3. The molecule has 0 aliphatic carbocycles. The molecule has 0 fully saturated rings. The number of nitrogens with zero attached hydrogens (tertiary/aromatic N) is 1. The first kappa shape index (κ1) is 10.8. The number of aromatic nitrogens is 1. The topological polar surface area (TPSA) is 52.0 Å². The summed E-state index contributed by atoms with van der Waals surface area (Å²) in [5, 5.41) is 0. The summed E-state index contributed by atoms with van der Waals surface area (Å²) in [5.41, 5.74) is 6.01. The maximum absolute atomic E-state index is 13.4. The number of nitrogens with two attached hydrogens (primary N) is 1. The predicted octanol–water partition coefficient (Wildman–Crippen LogP) is 2.37. The molecule has 16 heavy (non-hydrogen) atoms. The van der Waals surface area contributed by atoms with Gasteiger partial charge in [-0.2, -0.15) is 0 Å². The van der Waals surface area contributed by atoms with E-state index in [9.17, 15) is 4.39 Å². The third-order valence-corrected chi connectivity index (χ3v) is 2.18. The van der Waals surface area contributed by atoms with Crippen molar-refractivity contribution in [3.63, 3.8) is 0 Å². The van der Waals surface area contributed by atoms with E-state index in [1.54, 1.807) is 24.4 Å². The molecule has 1 aromatic heterocycles. The zero-order chi connectivity index (χ0) is 11.5. The van der Waals surface area contributed by atoms with Crippen molar-refractivity contribution in [3.8, 4) is 11.5 Å². The second-order valence-electron chi connectivity index (χ2n) is 3.79. The van der Waals surface area contributed by atoms with Crippen LogP contribution in [-0.4, -0.2) is 11.0 Å². The highest BCUT2D eigenvalue weighted by molar-refractivity contribution is 5.53. The summed E-state index contributed by atoms with van der Waals surface area (Å²) in [6, 6.07) is 6.39. The Kier molecular flexibility index (Phi) is 3.01. The molecule has 0 saturated carbocycles. The highest BCUT2D eigenvalue weighted by atomic mass is 19.1. The van der Waals surface area contributed by atoms with Crippen molar-refractivity contribution in [3.05, 3.63) is 42.0 Å². The average molecular weight is 220 g/mol. The van der Waals surface area contributed by atoms with Crippen LogP contribution in [-0.2, 0) is 6.42 Å². The van der Waals surface area contributed by atoms with Crippen molar-refractivity contribution in [1.82, 2.24) is 4.98 Å². The molecule has 1 atom stereocenters. The van der Waals surface area contributed by atoms with Crippen molar-refractivity contribution in [2.75, 3.05) is 0 Å². The smallest absolute Gasteiger partial charge is 0.229 e. The first-order valence-corrected chi connectivity index (χ1v) is 5.12. The third-order valence-electron chi connectivity index (χ3n) is 2.18. The number of hydrogen-bond donors (Lipinski definition) is 1. The van der Waals surface area contributed by atoms with Crippen LogP contribution in [0.4, 0.5) is 4.39 Å². The van der Waals surface area contributed by atoms with Crippen LogP contribution in [0.1, 0.15) is 12.7 Å². The zero-order valence-electron chi connectivity index (χ0n) is 8.98. The second-order valence-corrected chi connectivity index (χ2v) is 3.79. The van der Waals surface area contributed by atoms with Gasteiger partial charge in [0.2, 0.25) is 5.89 Å². The molecular formula is C12H13FN2O. The summed E-state index contributed by atoms with van der Waals surface area (Å²) >= 11 is 0. The third kappa shape index (κ3) is 2.28. The maximum Gasteiger partial charge on any atom is 0.229 e. The van der Waals surface area contributed by atoms with Gasteiger partial charge in [-0.25, -0.2) is 9.37 Å². The quantitative estimate of drug-likeness (QED) is 0.863. The Morgan fingerprint density at radius 1 is 1.44 bits per heavy atom. The Balaban J connectivity index is 2.28. The summed E-state index contributed by atoms with van der Waals surface area (Å²) < 4.78 is 18.9. The van der Waals surface area contributed by atoms with Crippen molar-refractivity contribution in [2.45, 2.75) is 19.4 Å². The van der Waals surface area contributed by atoms with Gasteiger partial charge in [-0.3, -0.25) is 0 Å². The molecule has 0 bridgehead atoms. The number of rotatable bonds is 3. The molecule has 2 N–H and O–H groups in total. The molecule has 0 aliphatic heterocycles.